The van der Waals surface area contributed by atoms with E-state index in [1.165, 1.54) is 0 Å². The van der Waals surface area contributed by atoms with Crippen LogP contribution < -0.4 is 4.90 Å². The van der Waals surface area contributed by atoms with Gasteiger partial charge in [-0.3, -0.25) is 4.90 Å². The summed E-state index contributed by atoms with van der Waals surface area (Å²) in [7, 11) is 1.61. The lowest BCUT2D eigenvalue weighted by molar-refractivity contribution is 0.0157. The molecule has 30 heavy (non-hydrogen) atoms. The fraction of sp³-hybridized carbons (Fsp3) is 0.609. The number of hydrogen-bond donors (Lipinski definition) is 1. The highest BCUT2D eigenvalue weighted by Gasteiger charge is 2.27. The smallest absolute Gasteiger partial charge is 0.232 e. The highest BCUT2D eigenvalue weighted by atomic mass is 16.5. The SMILES string of the molecule is CCN(CC)c1onc(-c2ccccc2)c1CN(C[C@@H](O)COC)C[C@@H]1CCCO1. The minimum atomic E-state index is -0.562. The molecule has 2 aromatic rings. The molecule has 1 fully saturated rings. The number of ether oxygens (including phenoxy) is 2. The molecule has 1 N–H and O–H groups in total. The van der Waals surface area contributed by atoms with Gasteiger partial charge in [-0.15, -0.1) is 0 Å². The van der Waals surface area contributed by atoms with Crippen molar-refractivity contribution in [3.8, 4) is 11.3 Å². The van der Waals surface area contributed by atoms with Crippen molar-refractivity contribution in [1.82, 2.24) is 10.1 Å². The Morgan fingerprint density at radius 1 is 1.23 bits per heavy atom. The summed E-state index contributed by atoms with van der Waals surface area (Å²) in [4.78, 5) is 4.43. The molecule has 0 aliphatic carbocycles. The van der Waals surface area contributed by atoms with Crippen molar-refractivity contribution in [2.75, 3.05) is 51.4 Å². The molecule has 0 bridgehead atoms. The molecule has 0 amide bonds. The van der Waals surface area contributed by atoms with Crippen molar-refractivity contribution in [3.05, 3.63) is 35.9 Å². The zero-order valence-electron chi connectivity index (χ0n) is 18.4. The number of benzene rings is 1. The monoisotopic (exact) mass is 417 g/mol. The van der Waals surface area contributed by atoms with Crippen LogP contribution in [0, 0.1) is 0 Å². The molecule has 0 radical (unpaired) electrons. The van der Waals surface area contributed by atoms with Crippen LogP contribution in [-0.2, 0) is 16.0 Å². The first-order valence-corrected chi connectivity index (χ1v) is 11.0. The first-order chi connectivity index (χ1) is 14.7. The maximum Gasteiger partial charge on any atom is 0.232 e. The quantitative estimate of drug-likeness (QED) is 0.569. The van der Waals surface area contributed by atoms with Gasteiger partial charge in [-0.05, 0) is 26.7 Å². The van der Waals surface area contributed by atoms with Gasteiger partial charge in [0.25, 0.3) is 0 Å². The van der Waals surface area contributed by atoms with Crippen LogP contribution >= 0.6 is 0 Å². The number of nitrogens with zero attached hydrogens (tertiary/aromatic N) is 3. The van der Waals surface area contributed by atoms with Crippen molar-refractivity contribution < 1.29 is 19.1 Å². The van der Waals surface area contributed by atoms with Crippen LogP contribution in [-0.4, -0.2) is 73.9 Å². The van der Waals surface area contributed by atoms with E-state index in [1.807, 2.05) is 18.2 Å². The topological polar surface area (TPSA) is 71.2 Å². The zero-order chi connectivity index (χ0) is 21.3. The van der Waals surface area contributed by atoms with Gasteiger partial charge in [0.05, 0.1) is 24.4 Å². The highest BCUT2D eigenvalue weighted by Crippen LogP contribution is 2.32. The van der Waals surface area contributed by atoms with E-state index in [-0.39, 0.29) is 6.10 Å². The maximum atomic E-state index is 10.4. The number of aliphatic hydroxyl groups excluding tert-OH is 1. The van der Waals surface area contributed by atoms with Gasteiger partial charge < -0.3 is 24.0 Å². The van der Waals surface area contributed by atoms with E-state index in [4.69, 9.17) is 14.0 Å². The van der Waals surface area contributed by atoms with Gasteiger partial charge in [0, 0.05) is 52.0 Å². The summed E-state index contributed by atoms with van der Waals surface area (Å²) < 4.78 is 16.9. The van der Waals surface area contributed by atoms with Crippen LogP contribution in [0.25, 0.3) is 11.3 Å². The Labute approximate surface area is 179 Å². The van der Waals surface area contributed by atoms with Crippen molar-refractivity contribution >= 4 is 5.88 Å². The largest absolute Gasteiger partial charge is 0.389 e. The molecule has 7 nitrogen and oxygen atoms in total. The summed E-state index contributed by atoms with van der Waals surface area (Å²) in [5.41, 5.74) is 2.94. The highest BCUT2D eigenvalue weighted by molar-refractivity contribution is 5.68. The van der Waals surface area contributed by atoms with Crippen LogP contribution in [0.15, 0.2) is 34.9 Å². The minimum Gasteiger partial charge on any atom is -0.389 e. The number of aliphatic hydroxyl groups is 1. The molecule has 0 spiro atoms. The number of methoxy groups -OCH3 is 1. The van der Waals surface area contributed by atoms with E-state index in [0.29, 0.717) is 19.7 Å². The molecule has 1 aliphatic rings. The number of aromatic nitrogens is 1. The first-order valence-electron chi connectivity index (χ1n) is 11.0. The molecular weight excluding hydrogens is 382 g/mol. The van der Waals surface area contributed by atoms with Gasteiger partial charge in [0.2, 0.25) is 5.88 Å². The first kappa shape index (κ1) is 22.7. The van der Waals surface area contributed by atoms with Crippen molar-refractivity contribution in [3.63, 3.8) is 0 Å². The Bertz CT molecular complexity index is 742. The summed E-state index contributed by atoms with van der Waals surface area (Å²) in [6, 6.07) is 10.1. The van der Waals surface area contributed by atoms with Gasteiger partial charge in [-0.2, -0.15) is 0 Å². The fourth-order valence-corrected chi connectivity index (χ4v) is 4.07. The standard InChI is InChI=1S/C23H35N3O4/c1-4-26(5-2)23-21(22(24-30-23)18-10-7-6-8-11-18)16-25(14-19(27)17-28-3)15-20-12-9-13-29-20/h6-8,10-11,19-20,27H,4-5,9,12-17H2,1-3H3/t19-,20+/m1/s1. The number of hydrogen-bond acceptors (Lipinski definition) is 7. The summed E-state index contributed by atoms with van der Waals surface area (Å²) >= 11 is 0. The molecule has 166 valence electrons. The van der Waals surface area contributed by atoms with Gasteiger partial charge >= 0.3 is 0 Å². The predicted molar refractivity (Wildman–Crippen MR) is 118 cm³/mol. The van der Waals surface area contributed by atoms with E-state index in [0.717, 1.165) is 61.8 Å². The minimum absolute atomic E-state index is 0.191. The third-order valence-electron chi connectivity index (χ3n) is 5.56. The second-order valence-corrected chi connectivity index (χ2v) is 7.79. The van der Waals surface area contributed by atoms with E-state index < -0.39 is 6.10 Å². The molecule has 2 atom stereocenters. The van der Waals surface area contributed by atoms with Crippen molar-refractivity contribution in [2.45, 2.75) is 45.4 Å². The van der Waals surface area contributed by atoms with Crippen LogP contribution in [0.2, 0.25) is 0 Å². The van der Waals surface area contributed by atoms with Crippen LogP contribution in [0.5, 0.6) is 0 Å². The van der Waals surface area contributed by atoms with Crippen LogP contribution in [0.1, 0.15) is 32.3 Å². The molecule has 1 aromatic heterocycles. The molecule has 1 aromatic carbocycles. The summed E-state index contributed by atoms with van der Waals surface area (Å²) in [6.45, 7) is 8.92. The Morgan fingerprint density at radius 2 is 2.00 bits per heavy atom. The summed E-state index contributed by atoms with van der Waals surface area (Å²) in [6.07, 6.45) is 1.77. The van der Waals surface area contributed by atoms with Gasteiger partial charge in [-0.25, -0.2) is 0 Å². The van der Waals surface area contributed by atoms with Gasteiger partial charge in [-0.1, -0.05) is 35.5 Å². The Morgan fingerprint density at radius 3 is 2.63 bits per heavy atom. The maximum absolute atomic E-state index is 10.4. The lowest BCUT2D eigenvalue weighted by Crippen LogP contribution is -2.39. The molecule has 3 rings (SSSR count). The fourth-order valence-electron chi connectivity index (χ4n) is 4.07. The number of rotatable bonds is 12. The average Bonchev–Trinajstić information content (AvgIpc) is 3.40. The van der Waals surface area contributed by atoms with Gasteiger partial charge in [0.15, 0.2) is 0 Å². The van der Waals surface area contributed by atoms with E-state index in [1.54, 1.807) is 7.11 Å². The third kappa shape index (κ3) is 5.82. The molecule has 1 aliphatic heterocycles. The summed E-state index contributed by atoms with van der Waals surface area (Å²) in [5.74, 6) is 0.803. The van der Waals surface area contributed by atoms with E-state index >= 15 is 0 Å². The van der Waals surface area contributed by atoms with Crippen molar-refractivity contribution in [2.24, 2.45) is 0 Å². The number of anilines is 1. The molecule has 0 unspecified atom stereocenters. The van der Waals surface area contributed by atoms with Gasteiger partial charge in [0.1, 0.15) is 5.69 Å². The molecule has 1 saturated heterocycles. The zero-order valence-corrected chi connectivity index (χ0v) is 18.4. The average molecular weight is 418 g/mol. The normalized spacial score (nSPS) is 17.6. The van der Waals surface area contributed by atoms with E-state index in [2.05, 4.69) is 40.9 Å². The predicted octanol–water partition coefficient (Wildman–Crippen LogP) is 3.18. The second kappa shape index (κ2) is 11.5. The van der Waals surface area contributed by atoms with Crippen LogP contribution in [0.3, 0.4) is 0 Å². The third-order valence-corrected chi connectivity index (χ3v) is 5.56. The van der Waals surface area contributed by atoms with Crippen LogP contribution in [0.4, 0.5) is 5.88 Å². The second-order valence-electron chi connectivity index (χ2n) is 7.79. The molecule has 7 heteroatoms. The Balaban J connectivity index is 1.91. The molecule has 0 saturated carbocycles. The molecular formula is C23H35N3O4. The Kier molecular flexibility index (Phi) is 8.69. The van der Waals surface area contributed by atoms with Crippen molar-refractivity contribution in [1.29, 1.82) is 0 Å². The lowest BCUT2D eigenvalue weighted by atomic mass is 10.1. The summed E-state index contributed by atoms with van der Waals surface area (Å²) in [5, 5.41) is 14.9. The Hall–Kier alpha value is -1.93. The lowest BCUT2D eigenvalue weighted by Gasteiger charge is -2.28. The van der Waals surface area contributed by atoms with E-state index in [9.17, 15) is 5.11 Å². The molecule has 2 heterocycles.